The molecular weight excluding hydrogens is 464 g/mol. The fraction of sp³-hybridized carbons (Fsp3) is 0.129. The smallest absolute Gasteiger partial charge is 0.295 e. The van der Waals surface area contributed by atoms with Crippen LogP contribution in [0.3, 0.4) is 0 Å². The van der Waals surface area contributed by atoms with Gasteiger partial charge in [0, 0.05) is 24.5 Å². The van der Waals surface area contributed by atoms with Gasteiger partial charge in [0.25, 0.3) is 11.7 Å². The lowest BCUT2D eigenvalue weighted by molar-refractivity contribution is -0.140. The summed E-state index contributed by atoms with van der Waals surface area (Å²) in [6, 6.07) is 27.2. The largest absolute Gasteiger partial charge is 0.507 e. The van der Waals surface area contributed by atoms with Crippen LogP contribution in [0.15, 0.2) is 109 Å². The molecule has 0 saturated carbocycles. The molecule has 4 aromatic rings. The van der Waals surface area contributed by atoms with Crippen molar-refractivity contribution in [3.05, 3.63) is 137 Å². The van der Waals surface area contributed by atoms with E-state index >= 15 is 0 Å². The van der Waals surface area contributed by atoms with E-state index in [1.54, 1.807) is 30.6 Å². The number of aliphatic hydroxyl groups excluding tert-OH is 1. The van der Waals surface area contributed by atoms with E-state index in [0.717, 1.165) is 16.7 Å². The normalized spacial score (nSPS) is 16.7. The highest BCUT2D eigenvalue weighted by Crippen LogP contribution is 2.41. The van der Waals surface area contributed by atoms with Gasteiger partial charge >= 0.3 is 0 Å². The van der Waals surface area contributed by atoms with Gasteiger partial charge in [0.2, 0.25) is 0 Å². The van der Waals surface area contributed by atoms with Crippen molar-refractivity contribution in [1.82, 2.24) is 9.88 Å². The van der Waals surface area contributed by atoms with Crippen molar-refractivity contribution < 1.29 is 19.4 Å². The Bertz CT molecular complexity index is 1450. The zero-order valence-corrected chi connectivity index (χ0v) is 20.4. The maximum atomic E-state index is 13.3. The molecule has 0 unspecified atom stereocenters. The van der Waals surface area contributed by atoms with Crippen LogP contribution in [0.2, 0.25) is 0 Å². The van der Waals surface area contributed by atoms with Crippen molar-refractivity contribution in [3.63, 3.8) is 0 Å². The summed E-state index contributed by atoms with van der Waals surface area (Å²) in [5.74, 6) is -0.989. The minimum Gasteiger partial charge on any atom is -0.507 e. The van der Waals surface area contributed by atoms with Crippen LogP contribution in [0.25, 0.3) is 5.76 Å². The summed E-state index contributed by atoms with van der Waals surface area (Å²) in [4.78, 5) is 32.2. The lowest BCUT2D eigenvalue weighted by Gasteiger charge is -2.25. The van der Waals surface area contributed by atoms with Crippen molar-refractivity contribution in [2.75, 3.05) is 0 Å². The van der Waals surface area contributed by atoms with E-state index in [0.29, 0.717) is 23.5 Å². The first-order valence-electron chi connectivity index (χ1n) is 12.0. The molecule has 37 heavy (non-hydrogen) atoms. The summed E-state index contributed by atoms with van der Waals surface area (Å²) >= 11 is 0. The second-order valence-corrected chi connectivity index (χ2v) is 9.00. The van der Waals surface area contributed by atoms with Crippen LogP contribution in [0, 0.1) is 6.92 Å². The number of benzene rings is 3. The van der Waals surface area contributed by atoms with E-state index in [9.17, 15) is 14.7 Å². The number of rotatable bonds is 7. The molecule has 1 fully saturated rings. The Morgan fingerprint density at radius 2 is 1.68 bits per heavy atom. The molecular formula is C31H26N2O4. The summed E-state index contributed by atoms with van der Waals surface area (Å²) in [5.41, 5.74) is 4.02. The van der Waals surface area contributed by atoms with Crippen LogP contribution in [0.4, 0.5) is 0 Å². The molecule has 1 atom stereocenters. The van der Waals surface area contributed by atoms with Crippen molar-refractivity contribution in [1.29, 1.82) is 0 Å². The molecule has 5 rings (SSSR count). The molecule has 0 radical (unpaired) electrons. The molecule has 1 aromatic heterocycles. The van der Waals surface area contributed by atoms with Gasteiger partial charge in [0.1, 0.15) is 18.1 Å². The van der Waals surface area contributed by atoms with Crippen LogP contribution in [-0.2, 0) is 22.7 Å². The van der Waals surface area contributed by atoms with E-state index in [1.807, 2.05) is 79.7 Å². The van der Waals surface area contributed by atoms with Crippen LogP contribution in [0.1, 0.15) is 33.9 Å². The van der Waals surface area contributed by atoms with Gasteiger partial charge in [0.05, 0.1) is 11.6 Å². The Hall–Kier alpha value is -4.71. The quantitative estimate of drug-likeness (QED) is 0.208. The summed E-state index contributed by atoms with van der Waals surface area (Å²) in [6.07, 6.45) is 3.32. The molecule has 0 aliphatic carbocycles. The van der Waals surface area contributed by atoms with Gasteiger partial charge < -0.3 is 14.7 Å². The number of likely N-dealkylation sites (tertiary alicyclic amines) is 1. The van der Waals surface area contributed by atoms with Gasteiger partial charge in [-0.1, -0.05) is 78.4 Å². The molecule has 1 aliphatic rings. The van der Waals surface area contributed by atoms with Crippen LogP contribution in [0.5, 0.6) is 5.75 Å². The highest BCUT2D eigenvalue weighted by Gasteiger charge is 2.46. The van der Waals surface area contributed by atoms with Crippen molar-refractivity contribution in [2.24, 2.45) is 0 Å². The fourth-order valence-corrected chi connectivity index (χ4v) is 4.46. The minimum absolute atomic E-state index is 0.0537. The number of hydrogen-bond donors (Lipinski definition) is 1. The van der Waals surface area contributed by atoms with E-state index in [4.69, 9.17) is 4.74 Å². The number of nitrogens with zero attached hydrogens (tertiary/aromatic N) is 2. The Morgan fingerprint density at radius 3 is 2.41 bits per heavy atom. The van der Waals surface area contributed by atoms with Gasteiger partial charge in [-0.3, -0.25) is 14.6 Å². The van der Waals surface area contributed by atoms with E-state index < -0.39 is 17.7 Å². The number of aliphatic hydroxyl groups is 1. The van der Waals surface area contributed by atoms with Crippen LogP contribution in [-0.4, -0.2) is 26.7 Å². The minimum atomic E-state index is -0.790. The molecule has 184 valence electrons. The number of carbonyl (C=O) groups excluding carboxylic acids is 2. The predicted molar refractivity (Wildman–Crippen MR) is 140 cm³/mol. The Balaban J connectivity index is 1.56. The third-order valence-corrected chi connectivity index (χ3v) is 6.36. The monoisotopic (exact) mass is 490 g/mol. The predicted octanol–water partition coefficient (Wildman–Crippen LogP) is 5.59. The van der Waals surface area contributed by atoms with Crippen molar-refractivity contribution in [2.45, 2.75) is 26.1 Å². The molecule has 3 aromatic carbocycles. The molecule has 1 aliphatic heterocycles. The van der Waals surface area contributed by atoms with Gasteiger partial charge in [0.15, 0.2) is 0 Å². The van der Waals surface area contributed by atoms with Gasteiger partial charge in [-0.15, -0.1) is 0 Å². The van der Waals surface area contributed by atoms with Gasteiger partial charge in [-0.25, -0.2) is 0 Å². The second kappa shape index (κ2) is 10.5. The van der Waals surface area contributed by atoms with Gasteiger partial charge in [-0.2, -0.15) is 0 Å². The van der Waals surface area contributed by atoms with Crippen molar-refractivity contribution in [3.8, 4) is 5.75 Å². The summed E-state index contributed by atoms with van der Waals surface area (Å²) < 4.78 is 6.02. The lowest BCUT2D eigenvalue weighted by atomic mass is 9.94. The molecule has 0 spiro atoms. The number of amides is 1. The highest BCUT2D eigenvalue weighted by molar-refractivity contribution is 6.46. The maximum Gasteiger partial charge on any atom is 0.295 e. The number of Topliss-reactive ketones (excluding diaryl/α,β-unsaturated/α-hetero) is 1. The zero-order chi connectivity index (χ0) is 25.8. The Morgan fingerprint density at radius 1 is 0.919 bits per heavy atom. The Kier molecular flexibility index (Phi) is 6.81. The molecule has 6 heteroatoms. The van der Waals surface area contributed by atoms with E-state index in [1.165, 1.54) is 4.90 Å². The van der Waals surface area contributed by atoms with Crippen molar-refractivity contribution >= 4 is 17.4 Å². The maximum absolute atomic E-state index is 13.3. The average molecular weight is 491 g/mol. The van der Waals surface area contributed by atoms with Crippen LogP contribution >= 0.6 is 0 Å². The topological polar surface area (TPSA) is 79.7 Å². The number of ketones is 1. The summed E-state index contributed by atoms with van der Waals surface area (Å²) in [5, 5.41) is 11.3. The summed E-state index contributed by atoms with van der Waals surface area (Å²) in [7, 11) is 0. The SMILES string of the molecule is Cc1ccc(C(O)=C2C(=O)C(=O)N(Cc3cccnc3)[C@@H]2c2cccc(OCc3ccccc3)c2)cc1. The molecule has 1 saturated heterocycles. The molecule has 0 bridgehead atoms. The molecule has 2 heterocycles. The lowest BCUT2D eigenvalue weighted by Crippen LogP contribution is -2.29. The first-order chi connectivity index (χ1) is 18.0. The van der Waals surface area contributed by atoms with Gasteiger partial charge in [-0.05, 0) is 41.8 Å². The average Bonchev–Trinajstić information content (AvgIpc) is 3.18. The number of aryl methyl sites for hydroxylation is 1. The fourth-order valence-electron chi connectivity index (χ4n) is 4.46. The number of ether oxygens (including phenoxy) is 1. The molecule has 6 nitrogen and oxygen atoms in total. The van der Waals surface area contributed by atoms with E-state index in [-0.39, 0.29) is 17.9 Å². The molecule has 1 N–H and O–H groups in total. The standard InChI is InChI=1S/C31H26N2O4/c1-21-12-14-24(15-13-21)29(34)27-28(33(31(36)30(27)35)19-23-9-6-16-32-18-23)25-10-5-11-26(17-25)37-20-22-7-3-2-4-8-22/h2-18,28,34H,19-20H2,1H3/t28-/m1/s1. The number of hydrogen-bond acceptors (Lipinski definition) is 5. The van der Waals surface area contributed by atoms with E-state index in [2.05, 4.69) is 4.98 Å². The second-order valence-electron chi connectivity index (χ2n) is 9.00. The number of aromatic nitrogens is 1. The zero-order valence-electron chi connectivity index (χ0n) is 20.4. The summed E-state index contributed by atoms with van der Waals surface area (Å²) in [6.45, 7) is 2.49. The number of pyridine rings is 1. The first-order valence-corrected chi connectivity index (χ1v) is 12.0. The van der Waals surface area contributed by atoms with Crippen LogP contribution < -0.4 is 4.74 Å². The third kappa shape index (κ3) is 5.14. The Labute approximate surface area is 215 Å². The third-order valence-electron chi connectivity index (χ3n) is 6.36. The first kappa shape index (κ1) is 24.0. The number of carbonyl (C=O) groups is 2. The molecule has 1 amide bonds. The highest BCUT2D eigenvalue weighted by atomic mass is 16.5.